The Hall–Kier alpha value is -1.48. The molecular weight excluding hydrogens is 297 g/mol. The summed E-state index contributed by atoms with van der Waals surface area (Å²) in [5.41, 5.74) is 3.41. The highest BCUT2D eigenvalue weighted by molar-refractivity contribution is 6.20. The zero-order valence-corrected chi connectivity index (χ0v) is 12.6. The molecule has 0 fully saturated rings. The molecule has 0 bridgehead atoms. The second kappa shape index (κ2) is 6.10. The van der Waals surface area contributed by atoms with Crippen LogP contribution in [0.2, 0.25) is 0 Å². The fourth-order valence-corrected chi connectivity index (χ4v) is 2.65. The lowest BCUT2D eigenvalue weighted by molar-refractivity contribution is -0.137. The first-order valence-corrected chi connectivity index (χ1v) is 7.08. The summed E-state index contributed by atoms with van der Waals surface area (Å²) in [5, 5.41) is -0.250. The molecule has 112 valence electrons. The molecule has 0 aliphatic heterocycles. The normalized spacial score (nSPS) is 13.2. The highest BCUT2D eigenvalue weighted by atomic mass is 35.5. The molecular formula is C17H16ClF3. The average Bonchev–Trinajstić information content (AvgIpc) is 2.37. The monoisotopic (exact) mass is 312 g/mol. The highest BCUT2D eigenvalue weighted by Crippen LogP contribution is 2.31. The zero-order chi connectivity index (χ0) is 15.6. The predicted octanol–water partition coefficient (Wildman–Crippen LogP) is 5.84. The van der Waals surface area contributed by atoms with Gasteiger partial charge in [-0.3, -0.25) is 0 Å². The Morgan fingerprint density at radius 3 is 1.95 bits per heavy atom. The number of alkyl halides is 4. The molecule has 0 heterocycles. The minimum absolute atomic E-state index is 0.250. The van der Waals surface area contributed by atoms with Crippen LogP contribution in [-0.4, -0.2) is 0 Å². The topological polar surface area (TPSA) is 0 Å². The van der Waals surface area contributed by atoms with Crippen LogP contribution < -0.4 is 0 Å². The van der Waals surface area contributed by atoms with Gasteiger partial charge < -0.3 is 0 Å². The molecule has 0 spiro atoms. The van der Waals surface area contributed by atoms with Crippen LogP contribution in [0.4, 0.5) is 13.2 Å². The molecule has 21 heavy (non-hydrogen) atoms. The van der Waals surface area contributed by atoms with E-state index in [0.29, 0.717) is 6.42 Å². The van der Waals surface area contributed by atoms with Crippen LogP contribution in [0, 0.1) is 13.8 Å². The Labute approximate surface area is 127 Å². The van der Waals surface area contributed by atoms with Crippen LogP contribution in [-0.2, 0) is 12.6 Å². The second-order valence-electron chi connectivity index (χ2n) is 5.29. The standard InChI is InChI=1S/C17H16ClF3/c1-11-7-12(2)9-14(8-11)16(18)10-13-3-5-15(6-4-13)17(19,20)21/h3-9,16H,10H2,1-2H3. The third-order valence-electron chi connectivity index (χ3n) is 3.30. The van der Waals surface area contributed by atoms with Crippen molar-refractivity contribution in [3.8, 4) is 0 Å². The maximum Gasteiger partial charge on any atom is 0.416 e. The van der Waals surface area contributed by atoms with Crippen LogP contribution >= 0.6 is 11.6 Å². The van der Waals surface area contributed by atoms with Crippen molar-refractivity contribution in [2.24, 2.45) is 0 Å². The van der Waals surface area contributed by atoms with Crippen LogP contribution in [0.5, 0.6) is 0 Å². The van der Waals surface area contributed by atoms with Crippen molar-refractivity contribution in [3.05, 3.63) is 70.3 Å². The molecule has 2 rings (SSSR count). The first-order chi connectivity index (χ1) is 9.75. The summed E-state index contributed by atoms with van der Waals surface area (Å²) in [7, 11) is 0. The van der Waals surface area contributed by atoms with E-state index < -0.39 is 11.7 Å². The molecule has 0 aliphatic carbocycles. The molecule has 1 unspecified atom stereocenters. The van der Waals surface area contributed by atoms with Gasteiger partial charge >= 0.3 is 6.18 Å². The van der Waals surface area contributed by atoms with Crippen LogP contribution in [0.1, 0.15) is 33.2 Å². The van der Waals surface area contributed by atoms with Gasteiger partial charge in [-0.15, -0.1) is 11.6 Å². The molecule has 0 radical (unpaired) electrons. The summed E-state index contributed by atoms with van der Waals surface area (Å²) < 4.78 is 37.5. The molecule has 0 nitrogen and oxygen atoms in total. The molecule has 0 aromatic heterocycles. The van der Waals surface area contributed by atoms with Gasteiger partial charge in [0.15, 0.2) is 0 Å². The first-order valence-electron chi connectivity index (χ1n) is 6.64. The molecule has 4 heteroatoms. The van der Waals surface area contributed by atoms with Crippen LogP contribution in [0.25, 0.3) is 0 Å². The van der Waals surface area contributed by atoms with E-state index in [1.165, 1.54) is 12.1 Å². The van der Waals surface area contributed by atoms with Crippen LogP contribution in [0.15, 0.2) is 42.5 Å². The second-order valence-corrected chi connectivity index (χ2v) is 5.81. The van der Waals surface area contributed by atoms with Crippen molar-refractivity contribution >= 4 is 11.6 Å². The van der Waals surface area contributed by atoms with Gasteiger partial charge in [0.05, 0.1) is 10.9 Å². The maximum absolute atomic E-state index is 12.5. The molecule has 2 aromatic carbocycles. The first kappa shape index (κ1) is 15.9. The SMILES string of the molecule is Cc1cc(C)cc(C(Cl)Cc2ccc(C(F)(F)F)cc2)c1. The van der Waals surface area contributed by atoms with Crippen molar-refractivity contribution in [3.63, 3.8) is 0 Å². The average molecular weight is 313 g/mol. The van der Waals surface area contributed by atoms with E-state index in [1.807, 2.05) is 26.0 Å². The maximum atomic E-state index is 12.5. The van der Waals surface area contributed by atoms with E-state index in [1.54, 1.807) is 0 Å². The number of rotatable bonds is 3. The van der Waals surface area contributed by atoms with Crippen molar-refractivity contribution in [1.29, 1.82) is 0 Å². The van der Waals surface area contributed by atoms with E-state index in [0.717, 1.165) is 34.4 Å². The van der Waals surface area contributed by atoms with Crippen molar-refractivity contribution in [1.82, 2.24) is 0 Å². The minimum Gasteiger partial charge on any atom is -0.166 e. The third-order valence-corrected chi connectivity index (χ3v) is 3.71. The molecule has 2 aromatic rings. The summed E-state index contributed by atoms with van der Waals surface area (Å²) in [6.07, 6.45) is -3.80. The number of halogens is 4. The summed E-state index contributed by atoms with van der Waals surface area (Å²) in [6.45, 7) is 4.00. The van der Waals surface area contributed by atoms with E-state index in [4.69, 9.17) is 11.6 Å². The molecule has 0 amide bonds. The van der Waals surface area contributed by atoms with Gasteiger partial charge in [0.2, 0.25) is 0 Å². The Kier molecular flexibility index (Phi) is 4.62. The number of hydrogen-bond acceptors (Lipinski definition) is 0. The van der Waals surface area contributed by atoms with Gasteiger partial charge in [-0.05, 0) is 43.5 Å². The van der Waals surface area contributed by atoms with Crippen molar-refractivity contribution < 1.29 is 13.2 Å². The van der Waals surface area contributed by atoms with Gasteiger partial charge in [0.1, 0.15) is 0 Å². The Bertz CT molecular complexity index is 595. The van der Waals surface area contributed by atoms with E-state index in [-0.39, 0.29) is 5.38 Å². The lowest BCUT2D eigenvalue weighted by atomic mass is 9.99. The number of hydrogen-bond donors (Lipinski definition) is 0. The lowest BCUT2D eigenvalue weighted by Crippen LogP contribution is -2.05. The third kappa shape index (κ3) is 4.24. The van der Waals surface area contributed by atoms with Gasteiger partial charge in [-0.2, -0.15) is 13.2 Å². The quantitative estimate of drug-likeness (QED) is 0.624. The lowest BCUT2D eigenvalue weighted by Gasteiger charge is -2.13. The minimum atomic E-state index is -4.30. The Morgan fingerprint density at radius 1 is 0.952 bits per heavy atom. The van der Waals surface area contributed by atoms with Gasteiger partial charge in [-0.1, -0.05) is 41.5 Å². The van der Waals surface area contributed by atoms with E-state index in [2.05, 4.69) is 6.07 Å². The molecule has 0 saturated heterocycles. The van der Waals surface area contributed by atoms with Gasteiger partial charge in [-0.25, -0.2) is 0 Å². The van der Waals surface area contributed by atoms with Crippen molar-refractivity contribution in [2.75, 3.05) is 0 Å². The smallest absolute Gasteiger partial charge is 0.166 e. The van der Waals surface area contributed by atoms with Crippen molar-refractivity contribution in [2.45, 2.75) is 31.8 Å². The van der Waals surface area contributed by atoms with E-state index >= 15 is 0 Å². The summed E-state index contributed by atoms with van der Waals surface area (Å²) in [6, 6.07) is 11.2. The Balaban J connectivity index is 2.14. The molecule has 0 aliphatic rings. The summed E-state index contributed by atoms with van der Waals surface area (Å²) >= 11 is 6.39. The molecule has 0 saturated carbocycles. The predicted molar refractivity (Wildman–Crippen MR) is 79.7 cm³/mol. The molecule has 1 atom stereocenters. The van der Waals surface area contributed by atoms with Crippen LogP contribution in [0.3, 0.4) is 0 Å². The fraction of sp³-hybridized carbons (Fsp3) is 0.294. The van der Waals surface area contributed by atoms with E-state index in [9.17, 15) is 13.2 Å². The zero-order valence-electron chi connectivity index (χ0n) is 11.8. The number of aryl methyl sites for hydroxylation is 2. The Morgan fingerprint density at radius 2 is 1.48 bits per heavy atom. The fourth-order valence-electron chi connectivity index (χ4n) is 2.35. The van der Waals surface area contributed by atoms with Gasteiger partial charge in [0, 0.05) is 0 Å². The van der Waals surface area contributed by atoms with Gasteiger partial charge in [0.25, 0.3) is 0 Å². The molecule has 0 N–H and O–H groups in total. The number of benzene rings is 2. The summed E-state index contributed by atoms with van der Waals surface area (Å²) in [4.78, 5) is 0. The largest absolute Gasteiger partial charge is 0.416 e. The summed E-state index contributed by atoms with van der Waals surface area (Å²) in [5.74, 6) is 0. The highest BCUT2D eigenvalue weighted by Gasteiger charge is 2.29.